The lowest BCUT2D eigenvalue weighted by atomic mass is 9.94. The number of allylic oxidation sites excluding steroid dienone is 1. The zero-order chi connectivity index (χ0) is 27.4. The third kappa shape index (κ3) is 6.47. The Labute approximate surface area is 246 Å². The monoisotopic (exact) mass is 630 g/mol. The summed E-state index contributed by atoms with van der Waals surface area (Å²) in [5.74, 6) is 1.56. The second-order valence-electron chi connectivity index (χ2n) is 9.80. The van der Waals surface area contributed by atoms with Crippen LogP contribution < -0.4 is 10.1 Å². The Morgan fingerprint density at radius 1 is 1.21 bits per heavy atom. The molecule has 1 aliphatic heterocycles. The van der Waals surface area contributed by atoms with Gasteiger partial charge in [0.25, 0.3) is 0 Å². The van der Waals surface area contributed by atoms with E-state index in [1.807, 2.05) is 49.4 Å². The summed E-state index contributed by atoms with van der Waals surface area (Å²) in [4.78, 5) is 18.5. The molecule has 1 saturated carbocycles. The molecule has 2 aromatic carbocycles. The van der Waals surface area contributed by atoms with Crippen molar-refractivity contribution in [2.24, 2.45) is 0 Å². The van der Waals surface area contributed by atoms with Crippen LogP contribution in [0.25, 0.3) is 0 Å². The van der Waals surface area contributed by atoms with Crippen molar-refractivity contribution in [3.63, 3.8) is 0 Å². The molecule has 5 rings (SSSR count). The second kappa shape index (κ2) is 12.8. The van der Waals surface area contributed by atoms with E-state index in [2.05, 4.69) is 28.2 Å². The van der Waals surface area contributed by atoms with Crippen molar-refractivity contribution < 1.29 is 14.3 Å². The summed E-state index contributed by atoms with van der Waals surface area (Å²) < 4.78 is 14.9. The van der Waals surface area contributed by atoms with Gasteiger partial charge >= 0.3 is 5.97 Å². The molecule has 2 heterocycles. The summed E-state index contributed by atoms with van der Waals surface area (Å²) in [5, 5.41) is 9.48. The zero-order valence-electron chi connectivity index (χ0n) is 22.1. The lowest BCUT2D eigenvalue weighted by Gasteiger charge is -2.31. The number of rotatable bonds is 9. The number of aromatic nitrogens is 3. The molecular formula is C29H32BrClN4O3S. The molecule has 0 bridgehead atoms. The van der Waals surface area contributed by atoms with Crippen LogP contribution in [0, 0.1) is 0 Å². The fourth-order valence-electron chi connectivity index (χ4n) is 4.98. The number of fused-ring (bicyclic) bond motifs is 1. The van der Waals surface area contributed by atoms with Gasteiger partial charge in [0.05, 0.1) is 12.2 Å². The molecule has 39 heavy (non-hydrogen) atoms. The van der Waals surface area contributed by atoms with Gasteiger partial charge in [-0.1, -0.05) is 70.8 Å². The van der Waals surface area contributed by atoms with Crippen LogP contribution in [0.1, 0.15) is 69.5 Å². The van der Waals surface area contributed by atoms with Crippen molar-refractivity contribution in [2.45, 2.75) is 75.4 Å². The highest BCUT2D eigenvalue weighted by Gasteiger charge is 2.38. The third-order valence-electron chi connectivity index (χ3n) is 6.92. The first-order valence-electron chi connectivity index (χ1n) is 13.4. The third-order valence-corrected chi connectivity index (χ3v) is 8.67. The maximum Gasteiger partial charge on any atom is 0.338 e. The molecule has 206 valence electrons. The van der Waals surface area contributed by atoms with E-state index < -0.39 is 6.04 Å². The Morgan fingerprint density at radius 2 is 2.00 bits per heavy atom. The van der Waals surface area contributed by atoms with E-state index >= 15 is 0 Å². The molecular weight excluding hydrogens is 600 g/mol. The smallest absolute Gasteiger partial charge is 0.338 e. The fraction of sp³-hybridized carbons (Fsp3) is 0.414. The highest BCUT2D eigenvalue weighted by molar-refractivity contribution is 9.10. The van der Waals surface area contributed by atoms with Gasteiger partial charge in [0.1, 0.15) is 17.9 Å². The van der Waals surface area contributed by atoms with Crippen LogP contribution in [0.5, 0.6) is 5.75 Å². The van der Waals surface area contributed by atoms with Crippen molar-refractivity contribution in [2.75, 3.05) is 11.9 Å². The highest BCUT2D eigenvalue weighted by atomic mass is 79.9. The maximum atomic E-state index is 13.8. The van der Waals surface area contributed by atoms with Crippen molar-refractivity contribution in [3.8, 4) is 5.75 Å². The van der Waals surface area contributed by atoms with Gasteiger partial charge in [-0.3, -0.25) is 0 Å². The van der Waals surface area contributed by atoms with Gasteiger partial charge < -0.3 is 14.8 Å². The van der Waals surface area contributed by atoms with Crippen molar-refractivity contribution in [1.29, 1.82) is 0 Å². The summed E-state index contributed by atoms with van der Waals surface area (Å²) in [6.45, 7) is 4.52. The Kier molecular flexibility index (Phi) is 9.20. The molecule has 1 atom stereocenters. The molecule has 1 N–H and O–H groups in total. The van der Waals surface area contributed by atoms with Gasteiger partial charge in [-0.2, -0.15) is 4.98 Å². The molecule has 0 amide bonds. The van der Waals surface area contributed by atoms with Crippen LogP contribution in [0.4, 0.5) is 5.95 Å². The van der Waals surface area contributed by atoms with Gasteiger partial charge in [0.2, 0.25) is 11.1 Å². The molecule has 1 fully saturated rings. The van der Waals surface area contributed by atoms with Crippen LogP contribution in [-0.4, -0.2) is 33.4 Å². The van der Waals surface area contributed by atoms with Crippen LogP contribution in [0.3, 0.4) is 0 Å². The number of benzene rings is 2. The SMILES string of the molecule is CCCOc1ccc(Br)cc1C1C(C(=O)OC2CCCCC2)=C(C)Nc2nc(SCc3ccccc3Cl)nn21. The number of carbonyl (C=O) groups excluding carboxylic acids is 1. The number of hydrogen-bond donors (Lipinski definition) is 1. The first-order chi connectivity index (χ1) is 18.9. The van der Waals surface area contributed by atoms with Crippen LogP contribution >= 0.6 is 39.3 Å². The van der Waals surface area contributed by atoms with E-state index in [-0.39, 0.29) is 12.1 Å². The van der Waals surface area contributed by atoms with E-state index in [0.717, 1.165) is 47.7 Å². The number of esters is 1. The van der Waals surface area contributed by atoms with Gasteiger partial charge in [0, 0.05) is 26.5 Å². The number of anilines is 1. The number of ether oxygens (including phenoxy) is 2. The summed E-state index contributed by atoms with van der Waals surface area (Å²) in [6.07, 6.45) is 5.95. The van der Waals surface area contributed by atoms with Crippen LogP contribution in [-0.2, 0) is 15.3 Å². The second-order valence-corrected chi connectivity index (χ2v) is 12.1. The zero-order valence-corrected chi connectivity index (χ0v) is 25.2. The summed E-state index contributed by atoms with van der Waals surface area (Å²) in [6, 6.07) is 13.1. The highest BCUT2D eigenvalue weighted by Crippen LogP contribution is 2.42. The minimum Gasteiger partial charge on any atom is -0.493 e. The average Bonchev–Trinajstić information content (AvgIpc) is 3.34. The van der Waals surface area contributed by atoms with Gasteiger partial charge in [-0.05, 0) is 68.9 Å². The molecule has 1 unspecified atom stereocenters. The molecule has 2 aliphatic rings. The van der Waals surface area contributed by atoms with Crippen LogP contribution in [0.15, 0.2) is 63.4 Å². The summed E-state index contributed by atoms with van der Waals surface area (Å²) in [5.41, 5.74) is 3.04. The molecule has 0 radical (unpaired) electrons. The topological polar surface area (TPSA) is 78.3 Å². The number of hydrogen-bond acceptors (Lipinski definition) is 7. The van der Waals surface area contributed by atoms with Gasteiger partial charge in [-0.25, -0.2) is 9.48 Å². The quantitative estimate of drug-likeness (QED) is 0.190. The molecule has 0 saturated heterocycles. The predicted molar refractivity (Wildman–Crippen MR) is 158 cm³/mol. The predicted octanol–water partition coefficient (Wildman–Crippen LogP) is 7.94. The largest absolute Gasteiger partial charge is 0.493 e. The molecule has 0 spiro atoms. The van der Waals surface area contributed by atoms with E-state index in [0.29, 0.717) is 45.5 Å². The minimum absolute atomic E-state index is 0.0654. The van der Waals surface area contributed by atoms with E-state index in [4.69, 9.17) is 31.2 Å². The Hall–Kier alpha value is -2.49. The Balaban J connectivity index is 1.52. The number of thioether (sulfide) groups is 1. The molecule has 3 aromatic rings. The first-order valence-corrected chi connectivity index (χ1v) is 15.5. The van der Waals surface area contributed by atoms with E-state index in [1.165, 1.54) is 18.2 Å². The van der Waals surface area contributed by atoms with E-state index in [1.54, 1.807) is 4.68 Å². The fourth-order valence-corrected chi connectivity index (χ4v) is 6.47. The summed E-state index contributed by atoms with van der Waals surface area (Å²) >= 11 is 11.5. The van der Waals surface area contributed by atoms with Gasteiger partial charge in [0.15, 0.2) is 0 Å². The number of carbonyl (C=O) groups is 1. The Bertz CT molecular complexity index is 1370. The minimum atomic E-state index is -0.566. The lowest BCUT2D eigenvalue weighted by Crippen LogP contribution is -2.32. The summed E-state index contributed by atoms with van der Waals surface area (Å²) in [7, 11) is 0. The van der Waals surface area contributed by atoms with Crippen molar-refractivity contribution >= 4 is 51.2 Å². The maximum absolute atomic E-state index is 13.8. The molecule has 10 heteroatoms. The van der Waals surface area contributed by atoms with Crippen molar-refractivity contribution in [3.05, 3.63) is 74.4 Å². The van der Waals surface area contributed by atoms with Crippen LogP contribution in [0.2, 0.25) is 5.02 Å². The first kappa shape index (κ1) is 28.1. The van der Waals surface area contributed by atoms with E-state index in [9.17, 15) is 4.79 Å². The number of nitrogens with one attached hydrogen (secondary N) is 1. The molecule has 7 nitrogen and oxygen atoms in total. The lowest BCUT2D eigenvalue weighted by molar-refractivity contribution is -0.146. The standard InChI is InChI=1S/C29H32BrClN4O3S/c1-3-15-37-24-14-13-20(30)16-22(24)26-25(27(36)38-21-10-5-4-6-11-21)18(2)32-28-33-29(34-35(26)28)39-17-19-9-7-8-12-23(19)31/h7-9,12-14,16,21,26H,3-6,10-11,15,17H2,1-2H3,(H,32,33,34). The normalized spacial score (nSPS) is 17.5. The van der Waals surface area contributed by atoms with Crippen molar-refractivity contribution in [1.82, 2.24) is 14.8 Å². The Morgan fingerprint density at radius 3 is 2.77 bits per heavy atom. The number of nitrogens with zero attached hydrogens (tertiary/aromatic N) is 3. The number of halogens is 2. The average molecular weight is 632 g/mol. The molecule has 1 aliphatic carbocycles. The molecule has 1 aromatic heterocycles. The van der Waals surface area contributed by atoms with Gasteiger partial charge in [-0.15, -0.1) is 5.10 Å².